The summed E-state index contributed by atoms with van der Waals surface area (Å²) in [7, 11) is 0. The molecule has 6 heteroatoms. The van der Waals surface area contributed by atoms with E-state index in [1.54, 1.807) is 18.5 Å². The van der Waals surface area contributed by atoms with Crippen molar-refractivity contribution in [2.45, 2.75) is 0 Å². The summed E-state index contributed by atoms with van der Waals surface area (Å²) in [5, 5.41) is 1.22. The first-order chi connectivity index (χ1) is 12.1. The van der Waals surface area contributed by atoms with Crippen molar-refractivity contribution >= 4 is 40.3 Å². The molecule has 0 radical (unpaired) electrons. The average molecular weight is 367 g/mol. The second-order valence-electron chi connectivity index (χ2n) is 5.48. The van der Waals surface area contributed by atoms with Gasteiger partial charge in [-0.05, 0) is 42.0 Å². The summed E-state index contributed by atoms with van der Waals surface area (Å²) in [5.74, 6) is 0.685. The van der Waals surface area contributed by atoms with Crippen molar-refractivity contribution < 1.29 is 0 Å². The minimum absolute atomic E-state index is 0.560. The smallest absolute Gasteiger partial charge is 0.157 e. The topological polar surface area (TPSA) is 54.5 Å². The third kappa shape index (κ3) is 3.02. The van der Waals surface area contributed by atoms with Crippen LogP contribution in [0.2, 0.25) is 10.0 Å². The van der Waals surface area contributed by atoms with Crippen molar-refractivity contribution in [2.75, 3.05) is 0 Å². The van der Waals surface area contributed by atoms with Gasteiger partial charge in [0.1, 0.15) is 5.69 Å². The minimum Gasteiger partial charge on any atom is -0.337 e. The number of benzene rings is 1. The van der Waals surface area contributed by atoms with Gasteiger partial charge in [0, 0.05) is 23.0 Å². The second-order valence-corrected chi connectivity index (χ2v) is 6.33. The number of hydrogen-bond donors (Lipinski definition) is 1. The lowest BCUT2D eigenvalue weighted by Crippen LogP contribution is -1.90. The fourth-order valence-electron chi connectivity index (χ4n) is 2.55. The molecular formula is C19H12Cl2N4. The van der Waals surface area contributed by atoms with Crippen molar-refractivity contribution in [2.24, 2.45) is 0 Å². The molecule has 0 fully saturated rings. The fraction of sp³-hybridized carbons (Fsp3) is 0. The van der Waals surface area contributed by atoms with Gasteiger partial charge < -0.3 is 4.98 Å². The fourth-order valence-corrected chi connectivity index (χ4v) is 3.01. The summed E-state index contributed by atoms with van der Waals surface area (Å²) in [6.45, 7) is 3.71. The van der Waals surface area contributed by atoms with Gasteiger partial charge in [0.05, 0.1) is 21.7 Å². The lowest BCUT2D eigenvalue weighted by atomic mass is 10.1. The lowest BCUT2D eigenvalue weighted by Gasteiger charge is -2.05. The standard InChI is InChI=1S/C19H12Cl2N4/c1-2-11-7-14(21)18(23-9-11)12-3-5-16(22-10-12)19-24-15-6-4-13(20)8-17(15)25-19/h2-10H,1H2,(H,24,25). The Bertz CT molecular complexity index is 1080. The van der Waals surface area contributed by atoms with Gasteiger partial charge in [-0.2, -0.15) is 0 Å². The Balaban J connectivity index is 1.70. The number of imidazole rings is 1. The van der Waals surface area contributed by atoms with Crippen LogP contribution >= 0.6 is 23.2 Å². The van der Waals surface area contributed by atoms with Gasteiger partial charge >= 0.3 is 0 Å². The van der Waals surface area contributed by atoms with E-state index in [4.69, 9.17) is 23.2 Å². The molecule has 0 aliphatic carbocycles. The Labute approximate surface area is 154 Å². The van der Waals surface area contributed by atoms with Crippen LogP contribution < -0.4 is 0 Å². The zero-order chi connectivity index (χ0) is 17.4. The molecule has 4 nitrogen and oxygen atoms in total. The van der Waals surface area contributed by atoms with Crippen molar-refractivity contribution in [3.63, 3.8) is 0 Å². The van der Waals surface area contributed by atoms with E-state index in [1.807, 2.05) is 36.4 Å². The van der Waals surface area contributed by atoms with Crippen LogP contribution in [-0.4, -0.2) is 19.9 Å². The number of aromatic nitrogens is 4. The molecule has 0 aliphatic rings. The first kappa shape index (κ1) is 15.8. The normalized spacial score (nSPS) is 11.0. The highest BCUT2D eigenvalue weighted by Gasteiger charge is 2.10. The molecule has 0 saturated heterocycles. The predicted octanol–water partition coefficient (Wildman–Crippen LogP) is 5.64. The summed E-state index contributed by atoms with van der Waals surface area (Å²) in [6, 6.07) is 11.2. The Morgan fingerprint density at radius 1 is 1.00 bits per heavy atom. The largest absolute Gasteiger partial charge is 0.337 e. The molecule has 0 aliphatic heterocycles. The van der Waals surface area contributed by atoms with E-state index in [2.05, 4.69) is 26.5 Å². The number of nitrogens with zero attached hydrogens (tertiary/aromatic N) is 3. The summed E-state index contributed by atoms with van der Waals surface area (Å²) < 4.78 is 0. The maximum absolute atomic E-state index is 6.30. The third-order valence-electron chi connectivity index (χ3n) is 3.82. The number of pyridine rings is 2. The number of nitrogens with one attached hydrogen (secondary N) is 1. The number of rotatable bonds is 3. The molecule has 0 saturated carbocycles. The van der Waals surface area contributed by atoms with Crippen LogP contribution in [0, 0.1) is 0 Å². The zero-order valence-corrected chi connectivity index (χ0v) is 14.5. The van der Waals surface area contributed by atoms with Crippen molar-refractivity contribution in [3.8, 4) is 22.8 Å². The molecule has 0 amide bonds. The van der Waals surface area contributed by atoms with E-state index in [1.165, 1.54) is 0 Å². The molecule has 1 aromatic carbocycles. The van der Waals surface area contributed by atoms with Crippen LogP contribution in [0.4, 0.5) is 0 Å². The monoisotopic (exact) mass is 366 g/mol. The first-order valence-electron chi connectivity index (χ1n) is 7.54. The first-order valence-corrected chi connectivity index (χ1v) is 8.30. The maximum Gasteiger partial charge on any atom is 0.157 e. The minimum atomic E-state index is 0.560. The van der Waals surface area contributed by atoms with E-state index in [0.717, 1.165) is 27.9 Å². The van der Waals surface area contributed by atoms with E-state index in [0.29, 0.717) is 21.6 Å². The zero-order valence-electron chi connectivity index (χ0n) is 13.0. The van der Waals surface area contributed by atoms with Gasteiger partial charge in [0.25, 0.3) is 0 Å². The lowest BCUT2D eigenvalue weighted by molar-refractivity contribution is 1.22. The molecule has 3 aromatic heterocycles. The maximum atomic E-state index is 6.30. The van der Waals surface area contributed by atoms with Crippen LogP contribution in [0.1, 0.15) is 5.56 Å². The molecule has 1 N–H and O–H groups in total. The Morgan fingerprint density at radius 2 is 1.88 bits per heavy atom. The van der Waals surface area contributed by atoms with Gasteiger partial charge in [0.2, 0.25) is 0 Å². The number of hydrogen-bond acceptors (Lipinski definition) is 3. The van der Waals surface area contributed by atoms with Crippen LogP contribution in [0.25, 0.3) is 39.9 Å². The van der Waals surface area contributed by atoms with Crippen LogP contribution in [0.15, 0.2) is 55.4 Å². The summed E-state index contributed by atoms with van der Waals surface area (Å²) in [6.07, 6.45) is 5.17. The predicted molar refractivity (Wildman–Crippen MR) is 103 cm³/mol. The Hall–Kier alpha value is -2.69. The van der Waals surface area contributed by atoms with E-state index in [9.17, 15) is 0 Å². The molecule has 122 valence electrons. The Kier molecular flexibility index (Phi) is 3.99. The van der Waals surface area contributed by atoms with E-state index in [-0.39, 0.29) is 0 Å². The molecule has 25 heavy (non-hydrogen) atoms. The third-order valence-corrected chi connectivity index (χ3v) is 4.34. The highest BCUT2D eigenvalue weighted by atomic mass is 35.5. The van der Waals surface area contributed by atoms with E-state index < -0.39 is 0 Å². The average Bonchev–Trinajstić information content (AvgIpc) is 3.05. The highest BCUT2D eigenvalue weighted by Crippen LogP contribution is 2.28. The van der Waals surface area contributed by atoms with Crippen LogP contribution in [-0.2, 0) is 0 Å². The summed E-state index contributed by atoms with van der Waals surface area (Å²) in [4.78, 5) is 16.6. The number of fused-ring (bicyclic) bond motifs is 1. The number of halogens is 2. The molecule has 0 unspecified atom stereocenters. The van der Waals surface area contributed by atoms with Crippen LogP contribution in [0.5, 0.6) is 0 Å². The molecule has 4 aromatic rings. The molecular weight excluding hydrogens is 355 g/mol. The summed E-state index contributed by atoms with van der Waals surface area (Å²) >= 11 is 12.3. The molecule has 0 atom stereocenters. The quantitative estimate of drug-likeness (QED) is 0.510. The SMILES string of the molecule is C=Cc1cnc(-c2ccc(-c3nc4ccc(Cl)cc4[nH]3)nc2)c(Cl)c1. The van der Waals surface area contributed by atoms with Gasteiger partial charge in [-0.1, -0.05) is 35.9 Å². The van der Waals surface area contributed by atoms with Gasteiger partial charge in [-0.25, -0.2) is 4.98 Å². The number of aromatic amines is 1. The van der Waals surface area contributed by atoms with Gasteiger partial charge in [-0.3, -0.25) is 9.97 Å². The van der Waals surface area contributed by atoms with Crippen molar-refractivity contribution in [1.29, 1.82) is 0 Å². The second kappa shape index (κ2) is 6.31. The Morgan fingerprint density at radius 3 is 2.60 bits per heavy atom. The molecule has 0 spiro atoms. The molecule has 0 bridgehead atoms. The summed E-state index contributed by atoms with van der Waals surface area (Å²) in [5.41, 5.74) is 4.84. The number of H-pyrrole nitrogens is 1. The van der Waals surface area contributed by atoms with Crippen molar-refractivity contribution in [1.82, 2.24) is 19.9 Å². The molecule has 3 heterocycles. The van der Waals surface area contributed by atoms with E-state index >= 15 is 0 Å². The van der Waals surface area contributed by atoms with Gasteiger partial charge in [0.15, 0.2) is 5.82 Å². The molecule has 4 rings (SSSR count). The van der Waals surface area contributed by atoms with Gasteiger partial charge in [-0.15, -0.1) is 0 Å². The van der Waals surface area contributed by atoms with Crippen molar-refractivity contribution in [3.05, 3.63) is 71.0 Å². The highest BCUT2D eigenvalue weighted by molar-refractivity contribution is 6.33. The van der Waals surface area contributed by atoms with Crippen LogP contribution in [0.3, 0.4) is 0 Å².